The number of aliphatic imine (C=N–C) groups is 1. The van der Waals surface area contributed by atoms with E-state index in [2.05, 4.69) is 72.7 Å². The molecule has 1 aromatic rings. The first kappa shape index (κ1) is 21.5. The Hall–Kier alpha value is -1.59. The summed E-state index contributed by atoms with van der Waals surface area (Å²) in [4.78, 5) is 6.47. The fourth-order valence-corrected chi connectivity index (χ4v) is 2.69. The summed E-state index contributed by atoms with van der Waals surface area (Å²) in [6.45, 7) is 9.80. The van der Waals surface area contributed by atoms with Crippen LogP contribution in [-0.2, 0) is 17.8 Å². The van der Waals surface area contributed by atoms with Crippen molar-refractivity contribution < 1.29 is 4.74 Å². The summed E-state index contributed by atoms with van der Waals surface area (Å²) in [7, 11) is 5.97. The van der Waals surface area contributed by atoms with Gasteiger partial charge in [0.15, 0.2) is 5.96 Å². The molecular weight excluding hydrogens is 312 g/mol. The molecule has 1 rings (SSSR count). The molecule has 0 radical (unpaired) electrons. The number of hydrogen-bond donors (Lipinski definition) is 2. The molecule has 0 saturated carbocycles. The molecule has 142 valence electrons. The second-order valence-corrected chi connectivity index (χ2v) is 6.93. The van der Waals surface area contributed by atoms with Gasteiger partial charge < -0.3 is 20.3 Å². The highest BCUT2D eigenvalue weighted by molar-refractivity contribution is 5.79. The topological polar surface area (TPSA) is 48.9 Å². The average Bonchev–Trinajstić information content (AvgIpc) is 2.57. The van der Waals surface area contributed by atoms with Gasteiger partial charge in [0.2, 0.25) is 0 Å². The summed E-state index contributed by atoms with van der Waals surface area (Å²) in [5.41, 5.74) is 2.58. The molecule has 0 bridgehead atoms. The summed E-state index contributed by atoms with van der Waals surface area (Å²) in [5, 5.41) is 6.74. The Morgan fingerprint density at radius 3 is 2.28 bits per heavy atom. The molecule has 1 atom stereocenters. The zero-order valence-corrected chi connectivity index (χ0v) is 16.8. The number of guanidine groups is 1. The fourth-order valence-electron chi connectivity index (χ4n) is 2.69. The number of benzene rings is 1. The van der Waals surface area contributed by atoms with Crippen molar-refractivity contribution in [1.29, 1.82) is 0 Å². The number of ether oxygens (including phenoxy) is 1. The molecule has 0 aliphatic carbocycles. The third-order valence-electron chi connectivity index (χ3n) is 4.05. The molecular formula is C20H36N4O. The predicted molar refractivity (Wildman–Crippen MR) is 107 cm³/mol. The second-order valence-electron chi connectivity index (χ2n) is 6.93. The smallest absolute Gasteiger partial charge is 0.191 e. The standard InChI is InChI=1S/C20H36N4O/c1-7-25-19(16(2)3)12-13-22-20(21-4)23-14-17-8-10-18(11-9-17)15-24(5)6/h8-11,16,19H,7,12-15H2,1-6H3,(H2,21,22,23). The van der Waals surface area contributed by atoms with Crippen molar-refractivity contribution in [2.75, 3.05) is 34.3 Å². The summed E-state index contributed by atoms with van der Waals surface area (Å²) in [6.07, 6.45) is 1.27. The number of nitrogens with one attached hydrogen (secondary N) is 2. The van der Waals surface area contributed by atoms with Gasteiger partial charge in [-0.2, -0.15) is 0 Å². The first-order valence-corrected chi connectivity index (χ1v) is 9.24. The van der Waals surface area contributed by atoms with Crippen LogP contribution in [0.3, 0.4) is 0 Å². The Morgan fingerprint density at radius 2 is 1.76 bits per heavy atom. The van der Waals surface area contributed by atoms with E-state index in [9.17, 15) is 0 Å². The van der Waals surface area contributed by atoms with E-state index in [4.69, 9.17) is 4.74 Å². The van der Waals surface area contributed by atoms with Crippen LogP contribution in [0.4, 0.5) is 0 Å². The van der Waals surface area contributed by atoms with E-state index in [1.54, 1.807) is 7.05 Å². The maximum absolute atomic E-state index is 5.78. The van der Waals surface area contributed by atoms with Gasteiger partial charge in [0.25, 0.3) is 0 Å². The molecule has 0 saturated heterocycles. The van der Waals surface area contributed by atoms with Gasteiger partial charge in [-0.1, -0.05) is 38.1 Å². The quantitative estimate of drug-likeness (QED) is 0.504. The van der Waals surface area contributed by atoms with Crippen molar-refractivity contribution in [3.05, 3.63) is 35.4 Å². The van der Waals surface area contributed by atoms with Crippen LogP contribution in [-0.4, -0.2) is 51.3 Å². The minimum Gasteiger partial charge on any atom is -0.378 e. The molecule has 2 N–H and O–H groups in total. The van der Waals surface area contributed by atoms with Crippen LogP contribution in [0.1, 0.15) is 38.3 Å². The Bertz CT molecular complexity index is 497. The maximum Gasteiger partial charge on any atom is 0.191 e. The van der Waals surface area contributed by atoms with Crippen LogP contribution in [0.25, 0.3) is 0 Å². The number of rotatable bonds is 10. The van der Waals surface area contributed by atoms with Crippen molar-refractivity contribution in [2.45, 2.75) is 46.4 Å². The van der Waals surface area contributed by atoms with E-state index in [1.807, 2.05) is 6.92 Å². The van der Waals surface area contributed by atoms with Gasteiger partial charge in [0.1, 0.15) is 0 Å². The zero-order valence-electron chi connectivity index (χ0n) is 16.8. The third-order valence-corrected chi connectivity index (χ3v) is 4.05. The monoisotopic (exact) mass is 348 g/mol. The lowest BCUT2D eigenvalue weighted by molar-refractivity contribution is 0.0258. The minimum atomic E-state index is 0.292. The van der Waals surface area contributed by atoms with Crippen molar-refractivity contribution in [2.24, 2.45) is 10.9 Å². The lowest BCUT2D eigenvalue weighted by Gasteiger charge is -2.21. The molecule has 0 aliphatic rings. The molecule has 1 aromatic carbocycles. The molecule has 1 unspecified atom stereocenters. The average molecular weight is 349 g/mol. The first-order chi connectivity index (χ1) is 12.0. The first-order valence-electron chi connectivity index (χ1n) is 9.24. The highest BCUT2D eigenvalue weighted by Gasteiger charge is 2.12. The molecule has 0 aliphatic heterocycles. The lowest BCUT2D eigenvalue weighted by atomic mass is 10.0. The van der Waals surface area contributed by atoms with Crippen molar-refractivity contribution in [3.8, 4) is 0 Å². The largest absolute Gasteiger partial charge is 0.378 e. The molecule has 5 heteroatoms. The fraction of sp³-hybridized carbons (Fsp3) is 0.650. The van der Waals surface area contributed by atoms with E-state index in [0.717, 1.165) is 38.6 Å². The minimum absolute atomic E-state index is 0.292. The van der Waals surface area contributed by atoms with Crippen molar-refractivity contribution in [1.82, 2.24) is 15.5 Å². The van der Waals surface area contributed by atoms with Crippen LogP contribution in [0.15, 0.2) is 29.3 Å². The van der Waals surface area contributed by atoms with Gasteiger partial charge in [-0.15, -0.1) is 0 Å². The van der Waals surface area contributed by atoms with E-state index in [-0.39, 0.29) is 0 Å². The van der Waals surface area contributed by atoms with Crippen LogP contribution in [0, 0.1) is 5.92 Å². The SMILES string of the molecule is CCOC(CCNC(=NC)NCc1ccc(CN(C)C)cc1)C(C)C. The Kier molecular flexibility index (Phi) is 10.2. The molecule has 5 nitrogen and oxygen atoms in total. The number of nitrogens with zero attached hydrogens (tertiary/aromatic N) is 2. The second kappa shape index (κ2) is 11.9. The summed E-state index contributed by atoms with van der Waals surface area (Å²) >= 11 is 0. The van der Waals surface area contributed by atoms with Gasteiger partial charge in [-0.25, -0.2) is 0 Å². The van der Waals surface area contributed by atoms with E-state index in [0.29, 0.717) is 12.0 Å². The Labute approximate surface area is 153 Å². The van der Waals surface area contributed by atoms with Crippen LogP contribution >= 0.6 is 0 Å². The molecule has 0 amide bonds. The lowest BCUT2D eigenvalue weighted by Crippen LogP contribution is -2.38. The summed E-state index contributed by atoms with van der Waals surface area (Å²) in [6, 6.07) is 8.71. The molecule has 0 spiro atoms. The van der Waals surface area contributed by atoms with E-state index in [1.165, 1.54) is 11.1 Å². The molecule has 0 heterocycles. The molecule has 0 aromatic heterocycles. The zero-order chi connectivity index (χ0) is 18.7. The van der Waals surface area contributed by atoms with Gasteiger partial charge in [0.05, 0.1) is 6.10 Å². The summed E-state index contributed by atoms with van der Waals surface area (Å²) < 4.78 is 5.78. The highest BCUT2D eigenvalue weighted by Crippen LogP contribution is 2.10. The van der Waals surface area contributed by atoms with Gasteiger partial charge in [0, 0.05) is 33.3 Å². The van der Waals surface area contributed by atoms with Crippen molar-refractivity contribution >= 4 is 5.96 Å². The normalized spacial score (nSPS) is 13.4. The maximum atomic E-state index is 5.78. The molecule has 0 fully saturated rings. The Balaban J connectivity index is 2.38. The Morgan fingerprint density at radius 1 is 1.12 bits per heavy atom. The van der Waals surface area contributed by atoms with E-state index >= 15 is 0 Å². The van der Waals surface area contributed by atoms with Gasteiger partial charge in [-0.05, 0) is 44.5 Å². The van der Waals surface area contributed by atoms with Crippen LogP contribution in [0.5, 0.6) is 0 Å². The van der Waals surface area contributed by atoms with Gasteiger partial charge >= 0.3 is 0 Å². The summed E-state index contributed by atoms with van der Waals surface area (Å²) in [5.74, 6) is 1.36. The van der Waals surface area contributed by atoms with Crippen LogP contribution in [0.2, 0.25) is 0 Å². The van der Waals surface area contributed by atoms with Crippen molar-refractivity contribution in [3.63, 3.8) is 0 Å². The predicted octanol–water partition coefficient (Wildman–Crippen LogP) is 2.86. The number of hydrogen-bond acceptors (Lipinski definition) is 3. The van der Waals surface area contributed by atoms with Gasteiger partial charge in [-0.3, -0.25) is 4.99 Å². The third kappa shape index (κ3) is 8.89. The highest BCUT2D eigenvalue weighted by atomic mass is 16.5. The van der Waals surface area contributed by atoms with E-state index < -0.39 is 0 Å². The molecule has 25 heavy (non-hydrogen) atoms. The van der Waals surface area contributed by atoms with Crippen LogP contribution < -0.4 is 10.6 Å².